The second-order valence-electron chi connectivity index (χ2n) is 8.62. The van der Waals surface area contributed by atoms with Gasteiger partial charge in [0.25, 0.3) is 11.7 Å². The molecular weight excluding hydrogens is 446 g/mol. The number of carbonyl (C=O) groups excluding carboxylic acids is 2. The smallest absolute Gasteiger partial charge is 0.300 e. The third-order valence-corrected chi connectivity index (χ3v) is 6.18. The van der Waals surface area contributed by atoms with Crippen LogP contribution in [0.2, 0.25) is 0 Å². The molecule has 1 N–H and O–H groups in total. The van der Waals surface area contributed by atoms with Crippen LogP contribution in [0.4, 0.5) is 5.69 Å². The zero-order chi connectivity index (χ0) is 24.7. The number of aliphatic hydroxyl groups is 1. The molecule has 1 saturated heterocycles. The van der Waals surface area contributed by atoms with Crippen LogP contribution in [0.15, 0.2) is 66.2 Å². The van der Waals surface area contributed by atoms with E-state index in [1.54, 1.807) is 30.3 Å². The number of nitrogens with zero attached hydrogens (tertiary/aromatic N) is 1. The molecule has 1 amide bonds. The van der Waals surface area contributed by atoms with Gasteiger partial charge in [-0.15, -0.1) is 0 Å². The number of amides is 1. The van der Waals surface area contributed by atoms with Gasteiger partial charge < -0.3 is 19.3 Å². The quantitative estimate of drug-likeness (QED) is 0.337. The van der Waals surface area contributed by atoms with Gasteiger partial charge >= 0.3 is 0 Å². The van der Waals surface area contributed by atoms with Gasteiger partial charge in [0.1, 0.15) is 24.7 Å². The average molecular weight is 472 g/mol. The van der Waals surface area contributed by atoms with Gasteiger partial charge in [0.2, 0.25) is 0 Å². The van der Waals surface area contributed by atoms with Gasteiger partial charge in [0.05, 0.1) is 18.7 Å². The Hall–Kier alpha value is -4.26. The molecule has 7 heteroatoms. The lowest BCUT2D eigenvalue weighted by Crippen LogP contribution is -2.29. The molecule has 1 atom stereocenters. The maximum Gasteiger partial charge on any atom is 0.300 e. The predicted molar refractivity (Wildman–Crippen MR) is 131 cm³/mol. The molecule has 35 heavy (non-hydrogen) atoms. The number of carbonyl (C=O) groups is 2. The van der Waals surface area contributed by atoms with Gasteiger partial charge in [-0.25, -0.2) is 0 Å². The number of aliphatic hydroxyl groups excluding tert-OH is 1. The minimum Gasteiger partial charge on any atom is -0.507 e. The van der Waals surface area contributed by atoms with E-state index < -0.39 is 17.7 Å². The number of methoxy groups -OCH3 is 1. The Morgan fingerprint density at radius 2 is 1.63 bits per heavy atom. The summed E-state index contributed by atoms with van der Waals surface area (Å²) in [6, 6.07) is 16.9. The number of hydrogen-bond acceptors (Lipinski definition) is 6. The van der Waals surface area contributed by atoms with E-state index in [1.807, 2.05) is 44.2 Å². The van der Waals surface area contributed by atoms with Gasteiger partial charge in [-0.1, -0.05) is 24.3 Å². The van der Waals surface area contributed by atoms with E-state index in [0.29, 0.717) is 47.3 Å². The number of ether oxygens (including phenoxy) is 3. The van der Waals surface area contributed by atoms with Gasteiger partial charge in [0, 0.05) is 16.8 Å². The highest BCUT2D eigenvalue weighted by molar-refractivity contribution is 6.51. The summed E-state index contributed by atoms with van der Waals surface area (Å²) < 4.78 is 16.8. The molecular formula is C28H25NO6. The molecule has 2 aliphatic rings. The Kier molecular flexibility index (Phi) is 5.68. The second-order valence-corrected chi connectivity index (χ2v) is 8.62. The summed E-state index contributed by atoms with van der Waals surface area (Å²) in [5, 5.41) is 11.4. The van der Waals surface area contributed by atoms with E-state index >= 15 is 0 Å². The molecule has 1 unspecified atom stereocenters. The summed E-state index contributed by atoms with van der Waals surface area (Å²) in [5.74, 6) is -0.246. The number of Topliss-reactive ketones (excluding diaryl/α,β-unsaturated/α-hetero) is 1. The summed E-state index contributed by atoms with van der Waals surface area (Å²) in [6.07, 6.45) is 0. The van der Waals surface area contributed by atoms with Gasteiger partial charge in [0.15, 0.2) is 11.5 Å². The molecule has 2 heterocycles. The number of fused-ring (bicyclic) bond motifs is 1. The number of aryl methyl sites for hydroxylation is 2. The molecule has 0 aromatic heterocycles. The average Bonchev–Trinajstić information content (AvgIpc) is 3.12. The molecule has 0 saturated carbocycles. The minimum atomic E-state index is -0.888. The van der Waals surface area contributed by atoms with Crippen molar-refractivity contribution in [2.75, 3.05) is 25.2 Å². The van der Waals surface area contributed by atoms with Crippen molar-refractivity contribution in [3.63, 3.8) is 0 Å². The summed E-state index contributed by atoms with van der Waals surface area (Å²) in [4.78, 5) is 28.3. The molecule has 0 aliphatic carbocycles. The molecule has 3 aromatic carbocycles. The maximum absolute atomic E-state index is 13.4. The largest absolute Gasteiger partial charge is 0.507 e. The number of rotatable bonds is 4. The van der Waals surface area contributed by atoms with Crippen LogP contribution in [0.25, 0.3) is 5.76 Å². The van der Waals surface area contributed by atoms with Crippen molar-refractivity contribution in [2.24, 2.45) is 0 Å². The molecule has 3 aromatic rings. The minimum absolute atomic E-state index is 0.0182. The summed E-state index contributed by atoms with van der Waals surface area (Å²) in [7, 11) is 1.53. The summed E-state index contributed by atoms with van der Waals surface area (Å²) >= 11 is 0. The van der Waals surface area contributed by atoms with Crippen LogP contribution < -0.4 is 19.1 Å². The van der Waals surface area contributed by atoms with Crippen LogP contribution in [0.1, 0.15) is 28.3 Å². The first-order valence-electron chi connectivity index (χ1n) is 11.3. The molecule has 0 radical (unpaired) electrons. The lowest BCUT2D eigenvalue weighted by molar-refractivity contribution is -0.132. The Morgan fingerprint density at radius 3 is 2.34 bits per heavy atom. The highest BCUT2D eigenvalue weighted by Gasteiger charge is 2.48. The van der Waals surface area contributed by atoms with Crippen LogP contribution >= 0.6 is 0 Å². The van der Waals surface area contributed by atoms with Gasteiger partial charge in [-0.3, -0.25) is 14.5 Å². The normalized spacial score (nSPS) is 18.6. The predicted octanol–water partition coefficient (Wildman–Crippen LogP) is 4.71. The van der Waals surface area contributed by atoms with E-state index in [-0.39, 0.29) is 11.3 Å². The highest BCUT2D eigenvalue weighted by Crippen LogP contribution is 2.45. The molecule has 7 nitrogen and oxygen atoms in total. The number of benzene rings is 3. The Balaban J connectivity index is 1.74. The third-order valence-electron chi connectivity index (χ3n) is 6.18. The van der Waals surface area contributed by atoms with Crippen LogP contribution in [0, 0.1) is 13.8 Å². The lowest BCUT2D eigenvalue weighted by atomic mass is 9.94. The van der Waals surface area contributed by atoms with Crippen molar-refractivity contribution in [1.29, 1.82) is 0 Å². The fraction of sp³-hybridized carbons (Fsp3) is 0.214. The fourth-order valence-electron chi connectivity index (χ4n) is 4.72. The first-order chi connectivity index (χ1) is 16.9. The Labute approximate surface area is 203 Å². The van der Waals surface area contributed by atoms with Gasteiger partial charge in [-0.05, 0) is 61.4 Å². The molecule has 0 bridgehead atoms. The van der Waals surface area contributed by atoms with Crippen LogP contribution in [0.3, 0.4) is 0 Å². The van der Waals surface area contributed by atoms with Crippen molar-refractivity contribution in [2.45, 2.75) is 19.9 Å². The standard InChI is InChI=1S/C28H25NO6/c1-16-12-17(2)14-19(13-16)29-25(20-6-4-5-7-21(20)33-3)24(27(31)28(29)32)26(30)18-8-9-22-23(15-18)35-11-10-34-22/h4-9,12-15,25,30H,10-11H2,1-3H3/b26-24+. The van der Waals surface area contributed by atoms with E-state index in [0.717, 1.165) is 11.1 Å². The Bertz CT molecular complexity index is 1360. The monoisotopic (exact) mass is 471 g/mol. The first-order valence-corrected chi connectivity index (χ1v) is 11.3. The van der Waals surface area contributed by atoms with E-state index in [2.05, 4.69) is 0 Å². The fourth-order valence-corrected chi connectivity index (χ4v) is 4.72. The molecule has 178 valence electrons. The van der Waals surface area contributed by atoms with Crippen molar-refractivity contribution < 1.29 is 28.9 Å². The molecule has 1 fully saturated rings. The van der Waals surface area contributed by atoms with Crippen molar-refractivity contribution >= 4 is 23.1 Å². The SMILES string of the molecule is COc1ccccc1C1/C(=C(\O)c2ccc3c(c2)OCCO3)C(=O)C(=O)N1c1cc(C)cc(C)c1. The zero-order valence-electron chi connectivity index (χ0n) is 19.7. The zero-order valence-corrected chi connectivity index (χ0v) is 19.7. The maximum atomic E-state index is 13.4. The topological polar surface area (TPSA) is 85.3 Å². The third kappa shape index (κ3) is 3.89. The first kappa shape index (κ1) is 22.5. The number of ketones is 1. The number of hydrogen-bond donors (Lipinski definition) is 1. The summed E-state index contributed by atoms with van der Waals surface area (Å²) in [6.45, 7) is 4.68. The molecule has 2 aliphatic heterocycles. The Morgan fingerprint density at radius 1 is 0.943 bits per heavy atom. The lowest BCUT2D eigenvalue weighted by Gasteiger charge is -2.27. The van der Waals surface area contributed by atoms with Crippen molar-refractivity contribution in [1.82, 2.24) is 0 Å². The van der Waals surface area contributed by atoms with Crippen LogP contribution in [-0.4, -0.2) is 37.1 Å². The van der Waals surface area contributed by atoms with Crippen molar-refractivity contribution in [3.05, 3.63) is 88.5 Å². The molecule has 5 rings (SSSR count). The van der Waals surface area contributed by atoms with E-state index in [1.165, 1.54) is 12.0 Å². The second kappa shape index (κ2) is 8.83. The van der Waals surface area contributed by atoms with Crippen molar-refractivity contribution in [3.8, 4) is 17.2 Å². The van der Waals surface area contributed by atoms with Crippen LogP contribution in [0.5, 0.6) is 17.2 Å². The highest BCUT2D eigenvalue weighted by atomic mass is 16.6. The van der Waals surface area contributed by atoms with Crippen LogP contribution in [-0.2, 0) is 9.59 Å². The van der Waals surface area contributed by atoms with E-state index in [4.69, 9.17) is 14.2 Å². The van der Waals surface area contributed by atoms with E-state index in [9.17, 15) is 14.7 Å². The molecule has 0 spiro atoms. The van der Waals surface area contributed by atoms with Gasteiger partial charge in [-0.2, -0.15) is 0 Å². The summed E-state index contributed by atoms with van der Waals surface area (Å²) in [5.41, 5.74) is 3.40. The number of anilines is 1. The number of para-hydroxylation sites is 1.